The van der Waals surface area contributed by atoms with Gasteiger partial charge in [0.25, 0.3) is 0 Å². The molecule has 5 heteroatoms. The molecule has 118 valence electrons. The van der Waals surface area contributed by atoms with Gasteiger partial charge < -0.3 is 9.52 Å². The summed E-state index contributed by atoms with van der Waals surface area (Å²) in [4.78, 5) is 2.21. The van der Waals surface area contributed by atoms with Gasteiger partial charge in [-0.05, 0) is 55.6 Å². The summed E-state index contributed by atoms with van der Waals surface area (Å²) in [5.41, 5.74) is 0.748. The zero-order valence-electron chi connectivity index (χ0n) is 12.2. The van der Waals surface area contributed by atoms with Crippen molar-refractivity contribution in [3.63, 3.8) is 0 Å². The van der Waals surface area contributed by atoms with Gasteiger partial charge in [-0.2, -0.15) is 0 Å². The first-order chi connectivity index (χ1) is 10.6. The van der Waals surface area contributed by atoms with Crippen molar-refractivity contribution >= 4 is 0 Å². The van der Waals surface area contributed by atoms with E-state index < -0.39 is 17.7 Å². The van der Waals surface area contributed by atoms with E-state index in [4.69, 9.17) is 4.42 Å². The summed E-state index contributed by atoms with van der Waals surface area (Å²) in [6.07, 6.45) is 3.52. The molecule has 3 rings (SSSR count). The van der Waals surface area contributed by atoms with Crippen LogP contribution in [0.4, 0.5) is 8.78 Å². The topological polar surface area (TPSA) is 36.6 Å². The second-order valence-electron chi connectivity index (χ2n) is 5.78. The largest absolute Gasteiger partial charge is 0.467 e. The number of likely N-dealkylation sites (tertiary alicyclic amines) is 1. The van der Waals surface area contributed by atoms with Gasteiger partial charge in [0.15, 0.2) is 11.6 Å². The molecule has 1 N–H and O–H groups in total. The summed E-state index contributed by atoms with van der Waals surface area (Å²) in [5.74, 6) is -1.07. The molecule has 2 aromatic rings. The fraction of sp³-hybridized carbons (Fsp3) is 0.412. The predicted molar refractivity (Wildman–Crippen MR) is 78.1 cm³/mol. The summed E-state index contributed by atoms with van der Waals surface area (Å²) in [7, 11) is 0. The van der Waals surface area contributed by atoms with Gasteiger partial charge in [-0.25, -0.2) is 8.78 Å². The number of halogens is 2. The van der Waals surface area contributed by atoms with E-state index in [-0.39, 0.29) is 6.04 Å². The molecule has 2 atom stereocenters. The van der Waals surface area contributed by atoms with Crippen molar-refractivity contribution in [1.29, 1.82) is 0 Å². The lowest BCUT2D eigenvalue weighted by atomic mass is 10.0. The number of aliphatic hydroxyl groups excluding tert-OH is 1. The molecule has 1 aromatic heterocycles. The van der Waals surface area contributed by atoms with E-state index in [2.05, 4.69) is 4.90 Å². The molecule has 0 bridgehead atoms. The summed E-state index contributed by atoms with van der Waals surface area (Å²) >= 11 is 0. The first-order valence-corrected chi connectivity index (χ1v) is 7.53. The SMILES string of the molecule is OC(CC1CCCN1Cc1ccc(F)c(F)c1)c1ccco1. The smallest absolute Gasteiger partial charge is 0.159 e. The van der Waals surface area contributed by atoms with Crippen LogP contribution in [0.15, 0.2) is 41.0 Å². The summed E-state index contributed by atoms with van der Waals surface area (Å²) in [6.45, 7) is 1.46. The molecule has 2 unspecified atom stereocenters. The number of hydrogen-bond donors (Lipinski definition) is 1. The van der Waals surface area contributed by atoms with Crippen LogP contribution in [-0.2, 0) is 6.54 Å². The second kappa shape index (κ2) is 6.58. The van der Waals surface area contributed by atoms with E-state index in [1.165, 1.54) is 6.07 Å². The fourth-order valence-corrected chi connectivity index (χ4v) is 3.10. The monoisotopic (exact) mass is 307 g/mol. The molecule has 0 aliphatic carbocycles. The number of nitrogens with zero attached hydrogens (tertiary/aromatic N) is 1. The molecule has 1 aliphatic rings. The average molecular weight is 307 g/mol. The number of hydrogen-bond acceptors (Lipinski definition) is 3. The standard InChI is InChI=1S/C17H19F2NO2/c18-14-6-5-12(9-15(14)19)11-20-7-1-3-13(20)10-16(21)17-4-2-8-22-17/h2,4-6,8-9,13,16,21H,1,3,7,10-11H2. The third-order valence-corrected chi connectivity index (χ3v) is 4.24. The number of aliphatic hydroxyl groups is 1. The van der Waals surface area contributed by atoms with E-state index in [0.717, 1.165) is 31.0 Å². The zero-order valence-corrected chi connectivity index (χ0v) is 12.2. The Labute approximate surface area is 128 Å². The van der Waals surface area contributed by atoms with E-state index in [1.54, 1.807) is 24.5 Å². The van der Waals surface area contributed by atoms with E-state index in [1.807, 2.05) is 0 Å². The molecule has 1 aliphatic heterocycles. The zero-order chi connectivity index (χ0) is 15.5. The third kappa shape index (κ3) is 3.36. The average Bonchev–Trinajstić information content (AvgIpc) is 3.15. The second-order valence-corrected chi connectivity index (χ2v) is 5.78. The van der Waals surface area contributed by atoms with Crippen molar-refractivity contribution in [1.82, 2.24) is 4.90 Å². The van der Waals surface area contributed by atoms with Crippen LogP contribution in [0.25, 0.3) is 0 Å². The Balaban J connectivity index is 1.64. The summed E-state index contributed by atoms with van der Waals surface area (Å²) < 4.78 is 31.5. The van der Waals surface area contributed by atoms with Crippen LogP contribution >= 0.6 is 0 Å². The predicted octanol–water partition coefficient (Wildman–Crippen LogP) is 3.65. The molecule has 22 heavy (non-hydrogen) atoms. The molecule has 1 saturated heterocycles. The normalized spacial score (nSPS) is 20.4. The Hall–Kier alpha value is -1.72. The van der Waals surface area contributed by atoms with Gasteiger partial charge in [-0.15, -0.1) is 0 Å². The molecule has 0 amide bonds. The van der Waals surface area contributed by atoms with Crippen molar-refractivity contribution in [2.45, 2.75) is 38.0 Å². The first kappa shape index (κ1) is 15.2. The van der Waals surface area contributed by atoms with Crippen molar-refractivity contribution in [2.24, 2.45) is 0 Å². The van der Waals surface area contributed by atoms with Gasteiger partial charge in [-0.1, -0.05) is 6.07 Å². The van der Waals surface area contributed by atoms with Crippen molar-refractivity contribution in [2.75, 3.05) is 6.54 Å². The van der Waals surface area contributed by atoms with Gasteiger partial charge in [-0.3, -0.25) is 4.90 Å². The van der Waals surface area contributed by atoms with Crippen LogP contribution in [0, 0.1) is 11.6 Å². The lowest BCUT2D eigenvalue weighted by Gasteiger charge is -2.26. The maximum atomic E-state index is 13.3. The van der Waals surface area contributed by atoms with Crippen LogP contribution in [0.1, 0.15) is 36.7 Å². The maximum absolute atomic E-state index is 13.3. The Morgan fingerprint density at radius 1 is 1.27 bits per heavy atom. The highest BCUT2D eigenvalue weighted by atomic mass is 19.2. The lowest BCUT2D eigenvalue weighted by molar-refractivity contribution is 0.0995. The molecule has 1 fully saturated rings. The molecular weight excluding hydrogens is 288 g/mol. The maximum Gasteiger partial charge on any atom is 0.159 e. The third-order valence-electron chi connectivity index (χ3n) is 4.24. The molecular formula is C17H19F2NO2. The highest BCUT2D eigenvalue weighted by Crippen LogP contribution is 2.29. The molecule has 0 spiro atoms. The van der Waals surface area contributed by atoms with Gasteiger partial charge in [0.2, 0.25) is 0 Å². The summed E-state index contributed by atoms with van der Waals surface area (Å²) in [5, 5.41) is 10.2. The van der Waals surface area contributed by atoms with Crippen molar-refractivity contribution < 1.29 is 18.3 Å². The van der Waals surface area contributed by atoms with Crippen LogP contribution in [0.5, 0.6) is 0 Å². The lowest BCUT2D eigenvalue weighted by Crippen LogP contribution is -2.30. The molecule has 0 radical (unpaired) electrons. The van der Waals surface area contributed by atoms with Gasteiger partial charge in [0.1, 0.15) is 11.9 Å². The van der Waals surface area contributed by atoms with Gasteiger partial charge in [0.05, 0.1) is 6.26 Å². The minimum Gasteiger partial charge on any atom is -0.467 e. The highest BCUT2D eigenvalue weighted by molar-refractivity contribution is 5.18. The first-order valence-electron chi connectivity index (χ1n) is 7.53. The highest BCUT2D eigenvalue weighted by Gasteiger charge is 2.28. The molecule has 2 heterocycles. The molecule has 0 saturated carbocycles. The Kier molecular flexibility index (Phi) is 4.55. The summed E-state index contributed by atoms with van der Waals surface area (Å²) in [6, 6.07) is 7.75. The van der Waals surface area contributed by atoms with Gasteiger partial charge >= 0.3 is 0 Å². The number of furan rings is 1. The Morgan fingerprint density at radius 3 is 2.86 bits per heavy atom. The molecule has 3 nitrogen and oxygen atoms in total. The van der Waals surface area contributed by atoms with E-state index >= 15 is 0 Å². The number of rotatable bonds is 5. The van der Waals surface area contributed by atoms with Crippen LogP contribution < -0.4 is 0 Å². The van der Waals surface area contributed by atoms with Crippen molar-refractivity contribution in [3.8, 4) is 0 Å². The van der Waals surface area contributed by atoms with Gasteiger partial charge in [0, 0.05) is 12.6 Å². The number of benzene rings is 1. The Bertz CT molecular complexity index is 615. The van der Waals surface area contributed by atoms with Crippen molar-refractivity contribution in [3.05, 3.63) is 59.6 Å². The quantitative estimate of drug-likeness (QED) is 0.916. The van der Waals surface area contributed by atoms with E-state index in [9.17, 15) is 13.9 Å². The Morgan fingerprint density at radius 2 is 2.14 bits per heavy atom. The fourth-order valence-electron chi connectivity index (χ4n) is 3.10. The minimum atomic E-state index is -0.824. The van der Waals surface area contributed by atoms with Crippen LogP contribution in [0.3, 0.4) is 0 Å². The van der Waals surface area contributed by atoms with Crippen LogP contribution in [-0.4, -0.2) is 22.6 Å². The van der Waals surface area contributed by atoms with Crippen LogP contribution in [0.2, 0.25) is 0 Å². The van der Waals surface area contributed by atoms with E-state index in [0.29, 0.717) is 18.7 Å². The molecule has 1 aromatic carbocycles. The minimum absolute atomic E-state index is 0.216.